The summed E-state index contributed by atoms with van der Waals surface area (Å²) in [4.78, 5) is 14.2. The van der Waals surface area contributed by atoms with Crippen LogP contribution in [0.2, 0.25) is 5.02 Å². The fourth-order valence-corrected chi connectivity index (χ4v) is 2.98. The fourth-order valence-electron chi connectivity index (χ4n) is 2.75. The number of halogens is 1. The second-order valence-electron chi connectivity index (χ2n) is 5.86. The highest BCUT2D eigenvalue weighted by Crippen LogP contribution is 2.21. The SMILES string of the molecule is Cc1cc(Cl)ccc1NC(=O)CN1CCC(C(C)O)CC1. The Kier molecular flexibility index (Phi) is 5.62. The first-order chi connectivity index (χ1) is 9.95. The smallest absolute Gasteiger partial charge is 0.238 e. The molecule has 0 aliphatic carbocycles. The molecular formula is C16H23ClN2O2. The molecule has 1 aliphatic rings. The molecule has 1 saturated heterocycles. The summed E-state index contributed by atoms with van der Waals surface area (Å²) in [5, 5.41) is 13.2. The van der Waals surface area contributed by atoms with E-state index in [1.807, 2.05) is 26.0 Å². The monoisotopic (exact) mass is 310 g/mol. The van der Waals surface area contributed by atoms with Crippen LogP contribution in [0.4, 0.5) is 5.69 Å². The van der Waals surface area contributed by atoms with E-state index in [1.165, 1.54) is 0 Å². The highest BCUT2D eigenvalue weighted by atomic mass is 35.5. The van der Waals surface area contributed by atoms with E-state index in [4.69, 9.17) is 11.6 Å². The number of aryl methyl sites for hydroxylation is 1. The van der Waals surface area contributed by atoms with Gasteiger partial charge in [0.1, 0.15) is 0 Å². The average Bonchev–Trinajstić information content (AvgIpc) is 2.42. The van der Waals surface area contributed by atoms with Gasteiger partial charge in [0.15, 0.2) is 0 Å². The number of amides is 1. The Morgan fingerprint density at radius 3 is 2.71 bits per heavy atom. The number of hydrogen-bond donors (Lipinski definition) is 2. The standard InChI is InChI=1S/C16H23ClN2O2/c1-11-9-14(17)3-4-15(11)18-16(21)10-19-7-5-13(6-8-19)12(2)20/h3-4,9,12-13,20H,5-8,10H2,1-2H3,(H,18,21). The van der Waals surface area contributed by atoms with Crippen LogP contribution in [0.1, 0.15) is 25.3 Å². The zero-order valence-corrected chi connectivity index (χ0v) is 13.4. The van der Waals surface area contributed by atoms with E-state index in [-0.39, 0.29) is 12.0 Å². The predicted molar refractivity (Wildman–Crippen MR) is 85.7 cm³/mol. The minimum atomic E-state index is -0.252. The summed E-state index contributed by atoms with van der Waals surface area (Å²) in [6.45, 7) is 5.89. The maximum Gasteiger partial charge on any atom is 0.238 e. The Hall–Kier alpha value is -1.10. The first-order valence-corrected chi connectivity index (χ1v) is 7.80. The van der Waals surface area contributed by atoms with Crippen molar-refractivity contribution in [3.05, 3.63) is 28.8 Å². The quantitative estimate of drug-likeness (QED) is 0.899. The Bertz CT molecular complexity index is 497. The summed E-state index contributed by atoms with van der Waals surface area (Å²) < 4.78 is 0. The van der Waals surface area contributed by atoms with Crippen LogP contribution in [0.5, 0.6) is 0 Å². The van der Waals surface area contributed by atoms with E-state index in [1.54, 1.807) is 6.07 Å². The lowest BCUT2D eigenvalue weighted by Gasteiger charge is -2.32. The van der Waals surface area contributed by atoms with Gasteiger partial charge in [-0.1, -0.05) is 11.6 Å². The molecule has 1 fully saturated rings. The lowest BCUT2D eigenvalue weighted by molar-refractivity contribution is -0.117. The molecule has 1 aromatic rings. The molecule has 0 radical (unpaired) electrons. The predicted octanol–water partition coefficient (Wildman–Crippen LogP) is 2.68. The summed E-state index contributed by atoms with van der Waals surface area (Å²) >= 11 is 5.91. The van der Waals surface area contributed by atoms with Crippen molar-refractivity contribution >= 4 is 23.2 Å². The average molecular weight is 311 g/mol. The van der Waals surface area contributed by atoms with Gasteiger partial charge in [-0.25, -0.2) is 0 Å². The number of carbonyl (C=O) groups is 1. The third kappa shape index (κ3) is 4.70. The van der Waals surface area contributed by atoms with E-state index in [2.05, 4.69) is 10.2 Å². The molecule has 0 aromatic heterocycles. The molecule has 1 atom stereocenters. The molecule has 1 heterocycles. The molecular weight excluding hydrogens is 288 g/mol. The molecule has 1 unspecified atom stereocenters. The van der Waals surface area contributed by atoms with Crippen molar-refractivity contribution in [1.29, 1.82) is 0 Å². The minimum Gasteiger partial charge on any atom is -0.393 e. The summed E-state index contributed by atoms with van der Waals surface area (Å²) in [6.07, 6.45) is 1.65. The minimum absolute atomic E-state index is 0.00378. The van der Waals surface area contributed by atoms with Gasteiger partial charge in [-0.3, -0.25) is 9.69 Å². The van der Waals surface area contributed by atoms with Gasteiger partial charge >= 0.3 is 0 Å². The number of nitrogens with one attached hydrogen (secondary N) is 1. The van der Waals surface area contributed by atoms with Crippen molar-refractivity contribution in [3.8, 4) is 0 Å². The van der Waals surface area contributed by atoms with E-state index >= 15 is 0 Å². The van der Waals surface area contributed by atoms with Crippen LogP contribution in [0.15, 0.2) is 18.2 Å². The first kappa shape index (κ1) is 16.3. The molecule has 0 spiro atoms. The number of likely N-dealkylation sites (tertiary alicyclic amines) is 1. The molecule has 2 N–H and O–H groups in total. The van der Waals surface area contributed by atoms with Gasteiger partial charge in [0.05, 0.1) is 12.6 Å². The van der Waals surface area contributed by atoms with Crippen LogP contribution in [-0.2, 0) is 4.79 Å². The van der Waals surface area contributed by atoms with Crippen LogP contribution < -0.4 is 5.32 Å². The van der Waals surface area contributed by atoms with Gasteiger partial charge in [0.2, 0.25) is 5.91 Å². The number of nitrogens with zero attached hydrogens (tertiary/aromatic N) is 1. The van der Waals surface area contributed by atoms with Gasteiger partial charge in [-0.05, 0) is 69.5 Å². The summed E-state index contributed by atoms with van der Waals surface area (Å²) in [7, 11) is 0. The van der Waals surface area contributed by atoms with Gasteiger partial charge in [0, 0.05) is 10.7 Å². The summed E-state index contributed by atoms with van der Waals surface area (Å²) in [5.74, 6) is 0.360. The van der Waals surface area contributed by atoms with E-state index in [9.17, 15) is 9.90 Å². The summed E-state index contributed by atoms with van der Waals surface area (Å²) in [6, 6.07) is 5.44. The topological polar surface area (TPSA) is 52.6 Å². The number of rotatable bonds is 4. The molecule has 1 aliphatic heterocycles. The van der Waals surface area contributed by atoms with Crippen molar-refractivity contribution < 1.29 is 9.90 Å². The van der Waals surface area contributed by atoms with Crippen LogP contribution >= 0.6 is 11.6 Å². The third-order valence-electron chi connectivity index (χ3n) is 4.14. The van der Waals surface area contributed by atoms with Gasteiger partial charge in [0.25, 0.3) is 0 Å². The zero-order chi connectivity index (χ0) is 15.4. The highest BCUT2D eigenvalue weighted by molar-refractivity contribution is 6.30. The van der Waals surface area contributed by atoms with E-state index < -0.39 is 0 Å². The van der Waals surface area contributed by atoms with Crippen molar-refractivity contribution in [1.82, 2.24) is 4.90 Å². The number of piperidine rings is 1. The molecule has 1 amide bonds. The molecule has 4 nitrogen and oxygen atoms in total. The third-order valence-corrected chi connectivity index (χ3v) is 4.38. The molecule has 2 rings (SSSR count). The first-order valence-electron chi connectivity index (χ1n) is 7.42. The molecule has 21 heavy (non-hydrogen) atoms. The molecule has 0 saturated carbocycles. The second kappa shape index (κ2) is 7.25. The van der Waals surface area contributed by atoms with Crippen LogP contribution in [0, 0.1) is 12.8 Å². The number of aliphatic hydroxyl groups excluding tert-OH is 1. The lowest BCUT2D eigenvalue weighted by Crippen LogP contribution is -2.41. The van der Waals surface area contributed by atoms with Crippen molar-refractivity contribution in [2.75, 3.05) is 25.0 Å². The van der Waals surface area contributed by atoms with Crippen LogP contribution in [0.25, 0.3) is 0 Å². The second-order valence-corrected chi connectivity index (χ2v) is 6.30. The maximum atomic E-state index is 12.1. The van der Waals surface area contributed by atoms with Gasteiger partial charge in [-0.15, -0.1) is 0 Å². The molecule has 1 aromatic carbocycles. The molecule has 5 heteroatoms. The Balaban J connectivity index is 1.83. The molecule has 116 valence electrons. The van der Waals surface area contributed by atoms with Crippen LogP contribution in [0.3, 0.4) is 0 Å². The van der Waals surface area contributed by atoms with E-state index in [0.29, 0.717) is 17.5 Å². The van der Waals surface area contributed by atoms with E-state index in [0.717, 1.165) is 37.2 Å². The van der Waals surface area contributed by atoms with Gasteiger partial charge < -0.3 is 10.4 Å². The summed E-state index contributed by atoms with van der Waals surface area (Å²) in [5.41, 5.74) is 1.77. The maximum absolute atomic E-state index is 12.1. The number of anilines is 1. The number of carbonyl (C=O) groups excluding carboxylic acids is 1. The van der Waals surface area contributed by atoms with Crippen molar-refractivity contribution in [2.24, 2.45) is 5.92 Å². The van der Waals surface area contributed by atoms with Crippen LogP contribution in [-0.4, -0.2) is 41.7 Å². The van der Waals surface area contributed by atoms with Crippen molar-refractivity contribution in [2.45, 2.75) is 32.8 Å². The van der Waals surface area contributed by atoms with Gasteiger partial charge in [-0.2, -0.15) is 0 Å². The largest absolute Gasteiger partial charge is 0.393 e. The Labute approximate surface area is 131 Å². The molecule has 0 bridgehead atoms. The highest BCUT2D eigenvalue weighted by Gasteiger charge is 2.23. The zero-order valence-electron chi connectivity index (χ0n) is 12.6. The normalized spacial score (nSPS) is 18.5. The Morgan fingerprint density at radius 2 is 2.14 bits per heavy atom. The van der Waals surface area contributed by atoms with Crippen molar-refractivity contribution in [3.63, 3.8) is 0 Å². The fraction of sp³-hybridized carbons (Fsp3) is 0.562. The number of hydrogen-bond acceptors (Lipinski definition) is 3. The lowest BCUT2D eigenvalue weighted by atomic mass is 9.92. The number of benzene rings is 1. The number of aliphatic hydroxyl groups is 1. The Morgan fingerprint density at radius 1 is 1.48 bits per heavy atom.